The molecular formula is C17H30BrNO2Si. The van der Waals surface area contributed by atoms with Gasteiger partial charge < -0.3 is 14.8 Å². The van der Waals surface area contributed by atoms with Gasteiger partial charge in [-0.1, -0.05) is 48.8 Å². The molecule has 22 heavy (non-hydrogen) atoms. The van der Waals surface area contributed by atoms with Gasteiger partial charge in [-0.25, -0.2) is 0 Å². The van der Waals surface area contributed by atoms with E-state index >= 15 is 0 Å². The van der Waals surface area contributed by atoms with Crippen molar-refractivity contribution in [3.05, 3.63) is 34.3 Å². The zero-order valence-electron chi connectivity index (χ0n) is 14.4. The monoisotopic (exact) mass is 387 g/mol. The zero-order valence-corrected chi connectivity index (χ0v) is 17.0. The van der Waals surface area contributed by atoms with Crippen molar-refractivity contribution in [2.75, 3.05) is 19.8 Å². The third-order valence-electron chi connectivity index (χ3n) is 4.37. The van der Waals surface area contributed by atoms with Crippen molar-refractivity contribution in [2.24, 2.45) is 0 Å². The minimum Gasteiger partial charge on any atom is -0.415 e. The third-order valence-corrected chi connectivity index (χ3v) is 9.36. The molecule has 0 amide bonds. The number of rotatable bonds is 8. The number of aliphatic hydroxyl groups excluding tert-OH is 1. The van der Waals surface area contributed by atoms with Crippen LogP contribution in [0.15, 0.2) is 28.7 Å². The molecule has 2 N–H and O–H groups in total. The minimum atomic E-state index is -1.75. The van der Waals surface area contributed by atoms with Gasteiger partial charge in [0.15, 0.2) is 8.32 Å². The number of hydrogen-bond donors (Lipinski definition) is 2. The first-order chi connectivity index (χ1) is 10.2. The molecule has 0 aromatic heterocycles. The molecule has 0 heterocycles. The fraction of sp³-hybridized carbons (Fsp3) is 0.647. The lowest BCUT2D eigenvalue weighted by Crippen LogP contribution is -2.46. The van der Waals surface area contributed by atoms with Gasteiger partial charge in [0.2, 0.25) is 0 Å². The van der Waals surface area contributed by atoms with Gasteiger partial charge in [-0.2, -0.15) is 0 Å². The Morgan fingerprint density at radius 1 is 1.32 bits per heavy atom. The summed E-state index contributed by atoms with van der Waals surface area (Å²) in [5.74, 6) is 0. The summed E-state index contributed by atoms with van der Waals surface area (Å²) in [6, 6.07) is 8.57. The van der Waals surface area contributed by atoms with Crippen LogP contribution >= 0.6 is 15.9 Å². The van der Waals surface area contributed by atoms with Gasteiger partial charge >= 0.3 is 0 Å². The average molecular weight is 388 g/mol. The maximum absolute atomic E-state index is 9.08. The smallest absolute Gasteiger partial charge is 0.192 e. The molecule has 0 saturated heterocycles. The molecule has 0 aliphatic rings. The van der Waals surface area contributed by atoms with Crippen LogP contribution in [0.5, 0.6) is 0 Å². The summed E-state index contributed by atoms with van der Waals surface area (Å²) in [6.07, 6.45) is 0.897. The van der Waals surface area contributed by atoms with Crippen molar-refractivity contribution < 1.29 is 9.53 Å². The van der Waals surface area contributed by atoms with Gasteiger partial charge in [-0.3, -0.25) is 0 Å². The average Bonchev–Trinajstić information content (AvgIpc) is 2.40. The van der Waals surface area contributed by atoms with E-state index in [-0.39, 0.29) is 17.7 Å². The van der Waals surface area contributed by atoms with Gasteiger partial charge in [0, 0.05) is 23.7 Å². The highest BCUT2D eigenvalue weighted by Gasteiger charge is 2.37. The largest absolute Gasteiger partial charge is 0.415 e. The minimum absolute atomic E-state index is 0.148. The second-order valence-corrected chi connectivity index (χ2v) is 13.0. The van der Waals surface area contributed by atoms with E-state index in [1.165, 1.54) is 5.56 Å². The Kier molecular flexibility index (Phi) is 7.75. The molecular weight excluding hydrogens is 358 g/mol. The Labute approximate surface area is 144 Å². The van der Waals surface area contributed by atoms with Crippen LogP contribution in [0.25, 0.3) is 0 Å². The van der Waals surface area contributed by atoms with Crippen LogP contribution in [-0.2, 0) is 10.8 Å². The first kappa shape index (κ1) is 19.8. The topological polar surface area (TPSA) is 41.5 Å². The van der Waals surface area contributed by atoms with Gasteiger partial charge in [0.25, 0.3) is 0 Å². The maximum atomic E-state index is 9.08. The second-order valence-electron chi connectivity index (χ2n) is 7.28. The molecule has 1 unspecified atom stereocenters. The lowest BCUT2D eigenvalue weighted by molar-refractivity contribution is 0.226. The molecule has 0 aliphatic heterocycles. The van der Waals surface area contributed by atoms with E-state index in [1.807, 2.05) is 6.07 Å². The van der Waals surface area contributed by atoms with Crippen LogP contribution in [0.2, 0.25) is 18.1 Å². The van der Waals surface area contributed by atoms with Crippen LogP contribution < -0.4 is 5.32 Å². The number of nitrogens with one attached hydrogen (secondary N) is 1. The van der Waals surface area contributed by atoms with Crippen molar-refractivity contribution in [3.63, 3.8) is 0 Å². The van der Waals surface area contributed by atoms with E-state index in [9.17, 15) is 0 Å². The Morgan fingerprint density at radius 3 is 2.55 bits per heavy atom. The molecule has 3 nitrogen and oxygen atoms in total. The Hall–Kier alpha value is -0.203. The standard InChI is InChI=1S/C17H30BrNO2Si/c1-17(2,3)22(4,5)21-13-16(19-9-10-20)12-14-7-6-8-15(18)11-14/h6-8,11,16,19-20H,9-10,12-13H2,1-5H3. The summed E-state index contributed by atoms with van der Waals surface area (Å²) in [5, 5.41) is 12.7. The molecule has 126 valence electrons. The quantitative estimate of drug-likeness (QED) is 0.663. The van der Waals surface area contributed by atoms with Crippen LogP contribution in [0.1, 0.15) is 26.3 Å². The van der Waals surface area contributed by atoms with Crippen LogP contribution in [0.4, 0.5) is 0 Å². The molecule has 1 atom stereocenters. The van der Waals surface area contributed by atoms with Crippen molar-refractivity contribution in [3.8, 4) is 0 Å². The molecule has 0 spiro atoms. The van der Waals surface area contributed by atoms with E-state index < -0.39 is 8.32 Å². The van der Waals surface area contributed by atoms with Crippen LogP contribution in [0, 0.1) is 0 Å². The number of benzene rings is 1. The lowest BCUT2D eigenvalue weighted by Gasteiger charge is -2.37. The van der Waals surface area contributed by atoms with Crippen molar-refractivity contribution >= 4 is 24.2 Å². The first-order valence-electron chi connectivity index (χ1n) is 7.88. The van der Waals surface area contributed by atoms with Crippen molar-refractivity contribution in [1.29, 1.82) is 0 Å². The molecule has 5 heteroatoms. The van der Waals surface area contributed by atoms with Crippen LogP contribution in [-0.4, -0.2) is 39.2 Å². The molecule has 1 aromatic rings. The van der Waals surface area contributed by atoms with Gasteiger partial charge in [0.05, 0.1) is 6.61 Å². The van der Waals surface area contributed by atoms with Gasteiger partial charge in [-0.05, 0) is 42.2 Å². The fourth-order valence-electron chi connectivity index (χ4n) is 1.93. The summed E-state index contributed by atoms with van der Waals surface area (Å²) in [6.45, 7) is 12.7. The highest BCUT2D eigenvalue weighted by Crippen LogP contribution is 2.36. The molecule has 0 bridgehead atoms. The van der Waals surface area contributed by atoms with E-state index in [1.54, 1.807) is 0 Å². The predicted molar refractivity (Wildman–Crippen MR) is 99.9 cm³/mol. The Bertz CT molecular complexity index is 460. The van der Waals surface area contributed by atoms with E-state index in [4.69, 9.17) is 9.53 Å². The van der Waals surface area contributed by atoms with Crippen LogP contribution in [0.3, 0.4) is 0 Å². The maximum Gasteiger partial charge on any atom is 0.192 e. The van der Waals surface area contributed by atoms with E-state index in [0.29, 0.717) is 13.2 Å². The summed E-state index contributed by atoms with van der Waals surface area (Å²) in [4.78, 5) is 0. The van der Waals surface area contributed by atoms with E-state index in [0.717, 1.165) is 10.9 Å². The molecule has 0 fully saturated rings. The Morgan fingerprint density at radius 2 is 2.00 bits per heavy atom. The molecule has 0 aliphatic carbocycles. The predicted octanol–water partition coefficient (Wildman–Crippen LogP) is 3.96. The molecule has 0 saturated carbocycles. The highest BCUT2D eigenvalue weighted by molar-refractivity contribution is 9.10. The summed E-state index contributed by atoms with van der Waals surface area (Å²) < 4.78 is 7.43. The summed E-state index contributed by atoms with van der Waals surface area (Å²) in [5.41, 5.74) is 1.27. The lowest BCUT2D eigenvalue weighted by atomic mass is 10.1. The summed E-state index contributed by atoms with van der Waals surface area (Å²) >= 11 is 3.52. The fourth-order valence-corrected chi connectivity index (χ4v) is 3.43. The Balaban J connectivity index is 2.68. The van der Waals surface area contributed by atoms with Gasteiger partial charge in [-0.15, -0.1) is 0 Å². The summed E-state index contributed by atoms with van der Waals surface area (Å²) in [7, 11) is -1.75. The molecule has 0 radical (unpaired) electrons. The van der Waals surface area contributed by atoms with Gasteiger partial charge in [0.1, 0.15) is 0 Å². The SMILES string of the molecule is CC(C)(C)[Si](C)(C)OCC(Cc1cccc(Br)c1)NCCO. The second kappa shape index (κ2) is 8.59. The number of halogens is 1. The van der Waals surface area contributed by atoms with Crippen molar-refractivity contribution in [2.45, 2.75) is 51.4 Å². The first-order valence-corrected chi connectivity index (χ1v) is 11.6. The highest BCUT2D eigenvalue weighted by atomic mass is 79.9. The number of aliphatic hydroxyl groups is 1. The van der Waals surface area contributed by atoms with Crippen molar-refractivity contribution in [1.82, 2.24) is 5.32 Å². The zero-order chi connectivity index (χ0) is 16.8. The third kappa shape index (κ3) is 6.50. The van der Waals surface area contributed by atoms with E-state index in [2.05, 4.69) is 73.3 Å². The number of hydrogen-bond acceptors (Lipinski definition) is 3. The normalized spacial score (nSPS) is 14.1. The molecule has 1 aromatic carbocycles. The molecule has 1 rings (SSSR count).